The molecule has 1 fully saturated rings. The van der Waals surface area contributed by atoms with Crippen LogP contribution in [0.25, 0.3) is 5.65 Å². The van der Waals surface area contributed by atoms with Gasteiger partial charge in [-0.1, -0.05) is 0 Å². The lowest BCUT2D eigenvalue weighted by atomic mass is 9.95. The molecular formula is C21H26N6O4. The van der Waals surface area contributed by atoms with Crippen molar-refractivity contribution in [2.75, 3.05) is 44.6 Å². The quantitative estimate of drug-likeness (QED) is 0.641. The number of ether oxygens (including phenoxy) is 3. The van der Waals surface area contributed by atoms with E-state index in [1.165, 1.54) is 0 Å². The third-order valence-electron chi connectivity index (χ3n) is 5.53. The Morgan fingerprint density at radius 2 is 1.71 bits per heavy atom. The number of aromatic nitrogens is 4. The predicted molar refractivity (Wildman–Crippen MR) is 115 cm³/mol. The van der Waals surface area contributed by atoms with Gasteiger partial charge in [0.1, 0.15) is 5.82 Å². The number of nitrogens with one attached hydrogen (secondary N) is 1. The first-order valence-electron chi connectivity index (χ1n) is 10.1. The van der Waals surface area contributed by atoms with Crippen LogP contribution in [0.15, 0.2) is 24.3 Å². The van der Waals surface area contributed by atoms with Crippen LogP contribution in [0.2, 0.25) is 0 Å². The van der Waals surface area contributed by atoms with Gasteiger partial charge in [0.05, 0.1) is 21.3 Å². The molecule has 2 aromatic heterocycles. The molecule has 31 heavy (non-hydrogen) atoms. The van der Waals surface area contributed by atoms with E-state index in [0.29, 0.717) is 22.9 Å². The van der Waals surface area contributed by atoms with Crippen LogP contribution in [0.4, 0.5) is 11.5 Å². The van der Waals surface area contributed by atoms with Crippen molar-refractivity contribution in [1.29, 1.82) is 0 Å². The van der Waals surface area contributed by atoms with Gasteiger partial charge < -0.3 is 24.4 Å². The molecule has 3 heterocycles. The van der Waals surface area contributed by atoms with Crippen molar-refractivity contribution < 1.29 is 19.0 Å². The van der Waals surface area contributed by atoms with Crippen molar-refractivity contribution in [1.82, 2.24) is 19.8 Å². The van der Waals surface area contributed by atoms with Gasteiger partial charge in [-0.15, -0.1) is 15.3 Å². The number of rotatable bonds is 6. The minimum atomic E-state index is -0.0873. The van der Waals surface area contributed by atoms with Crippen molar-refractivity contribution in [3.63, 3.8) is 0 Å². The Bertz CT molecular complexity index is 1070. The smallest absolute Gasteiger partial charge is 0.227 e. The van der Waals surface area contributed by atoms with Crippen LogP contribution in [0, 0.1) is 12.8 Å². The fourth-order valence-electron chi connectivity index (χ4n) is 3.82. The van der Waals surface area contributed by atoms with Crippen LogP contribution < -0.4 is 24.4 Å². The molecule has 0 aliphatic carbocycles. The summed E-state index contributed by atoms with van der Waals surface area (Å²) in [6.07, 6.45) is 1.47. The molecule has 1 N–H and O–H groups in total. The Hall–Kier alpha value is -3.56. The average Bonchev–Trinajstić information content (AvgIpc) is 3.18. The topological polar surface area (TPSA) is 103 Å². The first-order chi connectivity index (χ1) is 15.0. The molecule has 164 valence electrons. The Labute approximate surface area is 180 Å². The zero-order valence-electron chi connectivity index (χ0n) is 18.1. The van der Waals surface area contributed by atoms with Gasteiger partial charge in [-0.05, 0) is 31.9 Å². The van der Waals surface area contributed by atoms with Crippen LogP contribution >= 0.6 is 0 Å². The van der Waals surface area contributed by atoms with Crippen LogP contribution in [0.5, 0.6) is 17.2 Å². The highest BCUT2D eigenvalue weighted by atomic mass is 16.5. The highest BCUT2D eigenvalue weighted by molar-refractivity contribution is 5.93. The Morgan fingerprint density at radius 3 is 2.32 bits per heavy atom. The van der Waals surface area contributed by atoms with Crippen molar-refractivity contribution in [3.05, 3.63) is 30.1 Å². The molecule has 1 aliphatic rings. The lowest BCUT2D eigenvalue weighted by Gasteiger charge is -2.32. The second kappa shape index (κ2) is 8.66. The molecule has 1 aliphatic heterocycles. The maximum Gasteiger partial charge on any atom is 0.227 e. The third kappa shape index (κ3) is 4.05. The van der Waals surface area contributed by atoms with E-state index in [9.17, 15) is 4.79 Å². The summed E-state index contributed by atoms with van der Waals surface area (Å²) < 4.78 is 17.8. The number of fused-ring (bicyclic) bond motifs is 1. The standard InChI is InChI=1S/C21H26N6O4/c1-13-23-24-18-5-6-19(25-27(13)18)26-9-7-14(8-10-26)21(28)22-15-11-16(29-2)20(31-4)17(12-15)30-3/h5-6,11-12,14H,7-10H2,1-4H3,(H,22,28). The fraction of sp³-hybridized carbons (Fsp3) is 0.429. The molecule has 0 bridgehead atoms. The molecule has 4 rings (SSSR count). The van der Waals surface area contributed by atoms with Gasteiger partial charge in [-0.25, -0.2) is 0 Å². The molecule has 0 radical (unpaired) electrons. The van der Waals surface area contributed by atoms with E-state index in [4.69, 9.17) is 14.2 Å². The van der Waals surface area contributed by atoms with Gasteiger partial charge in [-0.2, -0.15) is 4.52 Å². The lowest BCUT2D eigenvalue weighted by molar-refractivity contribution is -0.120. The normalized spacial score (nSPS) is 14.5. The fourth-order valence-corrected chi connectivity index (χ4v) is 3.82. The zero-order valence-corrected chi connectivity index (χ0v) is 18.1. The maximum atomic E-state index is 12.9. The predicted octanol–water partition coefficient (Wildman–Crippen LogP) is 2.31. The second-order valence-electron chi connectivity index (χ2n) is 7.37. The Kier molecular flexibility index (Phi) is 5.79. The summed E-state index contributed by atoms with van der Waals surface area (Å²) in [7, 11) is 4.64. The van der Waals surface area contributed by atoms with Crippen molar-refractivity contribution >= 4 is 23.1 Å². The van der Waals surface area contributed by atoms with Crippen LogP contribution in [-0.2, 0) is 4.79 Å². The van der Waals surface area contributed by atoms with Gasteiger partial charge in [0.15, 0.2) is 23.0 Å². The number of anilines is 2. The van der Waals surface area contributed by atoms with Crippen LogP contribution in [0.1, 0.15) is 18.7 Å². The summed E-state index contributed by atoms with van der Waals surface area (Å²) >= 11 is 0. The number of piperidine rings is 1. The molecule has 3 aromatic rings. The molecule has 1 aromatic carbocycles. The molecule has 1 amide bonds. The maximum absolute atomic E-state index is 12.9. The van der Waals surface area contributed by atoms with Gasteiger partial charge in [0, 0.05) is 36.8 Å². The molecule has 10 nitrogen and oxygen atoms in total. The SMILES string of the molecule is COc1cc(NC(=O)C2CCN(c3ccc4nnc(C)n4n3)CC2)cc(OC)c1OC. The minimum Gasteiger partial charge on any atom is -0.493 e. The van der Waals surface area contributed by atoms with E-state index in [-0.39, 0.29) is 11.8 Å². The largest absolute Gasteiger partial charge is 0.493 e. The van der Waals surface area contributed by atoms with Crippen molar-refractivity contribution in [2.24, 2.45) is 5.92 Å². The number of carbonyl (C=O) groups excluding carboxylic acids is 1. The highest BCUT2D eigenvalue weighted by Gasteiger charge is 2.26. The molecule has 0 atom stereocenters. The van der Waals surface area contributed by atoms with Crippen molar-refractivity contribution in [3.8, 4) is 17.2 Å². The number of methoxy groups -OCH3 is 3. The molecule has 0 spiro atoms. The molecule has 0 saturated carbocycles. The van der Waals surface area contributed by atoms with E-state index in [0.717, 1.165) is 43.2 Å². The minimum absolute atomic E-state index is 0.0213. The first-order valence-corrected chi connectivity index (χ1v) is 10.1. The molecule has 1 saturated heterocycles. The van der Waals surface area contributed by atoms with E-state index in [1.54, 1.807) is 38.0 Å². The number of aryl methyl sites for hydroxylation is 1. The molecule has 0 unspecified atom stereocenters. The summed E-state index contributed by atoms with van der Waals surface area (Å²) in [4.78, 5) is 15.1. The van der Waals surface area contributed by atoms with Crippen LogP contribution in [0.3, 0.4) is 0 Å². The summed E-state index contributed by atoms with van der Waals surface area (Å²) in [5, 5.41) is 15.7. The van der Waals surface area contributed by atoms with Gasteiger partial charge in [0.2, 0.25) is 11.7 Å². The zero-order chi connectivity index (χ0) is 22.0. The third-order valence-corrected chi connectivity index (χ3v) is 5.53. The number of hydrogen-bond acceptors (Lipinski definition) is 8. The summed E-state index contributed by atoms with van der Waals surface area (Å²) in [6.45, 7) is 3.36. The monoisotopic (exact) mass is 426 g/mol. The first kappa shape index (κ1) is 20.7. The average molecular weight is 426 g/mol. The lowest BCUT2D eigenvalue weighted by Crippen LogP contribution is -2.38. The summed E-state index contributed by atoms with van der Waals surface area (Å²) in [5.74, 6) is 2.98. The van der Waals surface area contributed by atoms with Gasteiger partial charge >= 0.3 is 0 Å². The number of hydrogen-bond donors (Lipinski definition) is 1. The van der Waals surface area contributed by atoms with Gasteiger partial charge in [0.25, 0.3) is 0 Å². The molecular weight excluding hydrogens is 400 g/mol. The van der Waals surface area contributed by atoms with Gasteiger partial charge in [-0.3, -0.25) is 4.79 Å². The van der Waals surface area contributed by atoms with E-state index in [1.807, 2.05) is 19.1 Å². The Morgan fingerprint density at radius 1 is 1.03 bits per heavy atom. The van der Waals surface area contributed by atoms with Crippen LogP contribution in [-0.4, -0.2) is 60.1 Å². The summed E-state index contributed by atoms with van der Waals surface area (Å²) in [6, 6.07) is 7.31. The second-order valence-corrected chi connectivity index (χ2v) is 7.37. The van der Waals surface area contributed by atoms with Crippen molar-refractivity contribution in [2.45, 2.75) is 19.8 Å². The number of nitrogens with zero attached hydrogens (tertiary/aromatic N) is 5. The number of amides is 1. The van der Waals surface area contributed by atoms with E-state index < -0.39 is 0 Å². The highest BCUT2D eigenvalue weighted by Crippen LogP contribution is 2.40. The number of carbonyl (C=O) groups is 1. The number of benzene rings is 1. The van der Waals surface area contributed by atoms with E-state index in [2.05, 4.69) is 25.5 Å². The molecule has 10 heteroatoms. The van der Waals surface area contributed by atoms with E-state index >= 15 is 0 Å². The Balaban J connectivity index is 1.41. The summed E-state index contributed by atoms with van der Waals surface area (Å²) in [5.41, 5.74) is 1.33.